The van der Waals surface area contributed by atoms with E-state index in [-0.39, 0.29) is 17.2 Å². The maximum Gasteiger partial charge on any atom is 0.272 e. The predicted molar refractivity (Wildman–Crippen MR) is 79.3 cm³/mol. The highest BCUT2D eigenvalue weighted by Crippen LogP contribution is 2.20. The first-order chi connectivity index (χ1) is 9.97. The number of nitro benzene ring substituents is 1. The Bertz CT molecular complexity index is 718. The maximum atomic E-state index is 11.9. The fourth-order valence-electron chi connectivity index (χ4n) is 1.82. The number of phenols is 1. The molecule has 1 N–H and O–H groups in total. The molecule has 0 radical (unpaired) electrons. The molecule has 0 unspecified atom stereocenters. The topological polar surface area (TPSA) is 80.4 Å². The lowest BCUT2D eigenvalue weighted by atomic mass is 10.1. The lowest BCUT2D eigenvalue weighted by molar-refractivity contribution is -0.385. The van der Waals surface area contributed by atoms with Crippen LogP contribution in [0.5, 0.6) is 5.75 Å². The third kappa shape index (κ3) is 3.54. The lowest BCUT2D eigenvalue weighted by Gasteiger charge is -1.99. The normalized spacial score (nSPS) is 10.7. The van der Waals surface area contributed by atoms with E-state index in [1.807, 2.05) is 0 Å². The van der Waals surface area contributed by atoms with Crippen LogP contribution in [0.2, 0.25) is 0 Å². The van der Waals surface area contributed by atoms with Crippen LogP contribution in [0.15, 0.2) is 48.5 Å². The minimum Gasteiger partial charge on any atom is -0.508 e. The highest BCUT2D eigenvalue weighted by molar-refractivity contribution is 6.06. The van der Waals surface area contributed by atoms with Crippen LogP contribution in [0, 0.1) is 17.0 Å². The van der Waals surface area contributed by atoms with Crippen molar-refractivity contribution < 1.29 is 14.8 Å². The Morgan fingerprint density at radius 3 is 2.48 bits per heavy atom. The van der Waals surface area contributed by atoms with Gasteiger partial charge in [0.25, 0.3) is 5.69 Å². The molecule has 0 aliphatic rings. The minimum absolute atomic E-state index is 0.0224. The molecule has 106 valence electrons. The molecule has 0 saturated heterocycles. The molecule has 5 nitrogen and oxygen atoms in total. The van der Waals surface area contributed by atoms with E-state index in [1.54, 1.807) is 19.1 Å². The summed E-state index contributed by atoms with van der Waals surface area (Å²) in [6.07, 6.45) is 2.88. The fraction of sp³-hybridized carbons (Fsp3) is 0.0625. The number of benzene rings is 2. The second-order valence-electron chi connectivity index (χ2n) is 4.55. The number of hydrogen-bond donors (Lipinski definition) is 1. The number of ketones is 1. The van der Waals surface area contributed by atoms with Crippen LogP contribution in [-0.4, -0.2) is 15.8 Å². The van der Waals surface area contributed by atoms with Crippen LogP contribution in [0.3, 0.4) is 0 Å². The van der Waals surface area contributed by atoms with E-state index in [4.69, 9.17) is 5.11 Å². The zero-order chi connectivity index (χ0) is 15.4. The van der Waals surface area contributed by atoms with Crippen molar-refractivity contribution in [2.45, 2.75) is 6.92 Å². The number of allylic oxidation sites excluding steroid dienone is 1. The van der Waals surface area contributed by atoms with Crippen molar-refractivity contribution in [2.24, 2.45) is 0 Å². The monoisotopic (exact) mass is 283 g/mol. The zero-order valence-corrected chi connectivity index (χ0v) is 11.3. The number of aryl methyl sites for hydroxylation is 1. The molecular weight excluding hydrogens is 270 g/mol. The fourth-order valence-corrected chi connectivity index (χ4v) is 1.82. The molecule has 0 spiro atoms. The highest BCUT2D eigenvalue weighted by atomic mass is 16.6. The van der Waals surface area contributed by atoms with Crippen LogP contribution in [0.4, 0.5) is 5.69 Å². The van der Waals surface area contributed by atoms with E-state index in [9.17, 15) is 14.9 Å². The summed E-state index contributed by atoms with van der Waals surface area (Å²) in [6.45, 7) is 1.66. The van der Waals surface area contributed by atoms with Gasteiger partial charge in [-0.15, -0.1) is 0 Å². The number of rotatable bonds is 4. The van der Waals surface area contributed by atoms with Gasteiger partial charge in [-0.2, -0.15) is 0 Å². The third-order valence-corrected chi connectivity index (χ3v) is 3.01. The van der Waals surface area contributed by atoms with Gasteiger partial charge < -0.3 is 5.11 Å². The minimum atomic E-state index is -0.450. The largest absolute Gasteiger partial charge is 0.508 e. The molecule has 0 bridgehead atoms. The Morgan fingerprint density at radius 1 is 1.19 bits per heavy atom. The number of phenolic OH excluding ortho intramolecular Hbond substituents is 1. The van der Waals surface area contributed by atoms with Crippen LogP contribution in [0.25, 0.3) is 6.08 Å². The second kappa shape index (κ2) is 6.00. The number of carbonyl (C=O) groups excluding carboxylic acids is 1. The van der Waals surface area contributed by atoms with Gasteiger partial charge in [0, 0.05) is 17.2 Å². The quantitative estimate of drug-likeness (QED) is 0.403. The molecule has 2 aromatic rings. The van der Waals surface area contributed by atoms with E-state index in [2.05, 4.69) is 0 Å². The van der Waals surface area contributed by atoms with Crippen LogP contribution < -0.4 is 0 Å². The molecule has 0 aliphatic heterocycles. The van der Waals surface area contributed by atoms with E-state index in [0.717, 1.165) is 0 Å². The first-order valence-corrected chi connectivity index (χ1v) is 6.24. The molecule has 0 amide bonds. The van der Waals surface area contributed by atoms with Crippen LogP contribution >= 0.6 is 0 Å². The first-order valence-electron chi connectivity index (χ1n) is 6.24. The molecule has 0 heterocycles. The molecule has 0 atom stereocenters. The first kappa shape index (κ1) is 14.5. The number of aromatic hydroxyl groups is 1. The molecule has 5 heteroatoms. The van der Waals surface area contributed by atoms with E-state index in [0.29, 0.717) is 16.7 Å². The summed E-state index contributed by atoms with van der Waals surface area (Å²) < 4.78 is 0. The molecule has 0 aliphatic carbocycles. The molecule has 0 aromatic heterocycles. The third-order valence-electron chi connectivity index (χ3n) is 3.01. The summed E-state index contributed by atoms with van der Waals surface area (Å²) in [5, 5.41) is 20.0. The Hall–Kier alpha value is -2.95. The van der Waals surface area contributed by atoms with Gasteiger partial charge in [0.15, 0.2) is 5.78 Å². The van der Waals surface area contributed by atoms with Crippen LogP contribution in [0.1, 0.15) is 21.5 Å². The molecule has 2 aromatic carbocycles. The smallest absolute Gasteiger partial charge is 0.272 e. The summed E-state index contributed by atoms with van der Waals surface area (Å²) >= 11 is 0. The SMILES string of the molecule is Cc1ccc(/C=C/C(=O)c2ccc(O)cc2)cc1[N+](=O)[O-]. The predicted octanol–water partition coefficient (Wildman–Crippen LogP) is 3.50. The van der Waals surface area contributed by atoms with Crippen molar-refractivity contribution in [1.29, 1.82) is 0 Å². The second-order valence-corrected chi connectivity index (χ2v) is 4.55. The summed E-state index contributed by atoms with van der Waals surface area (Å²) in [4.78, 5) is 22.3. The van der Waals surface area contributed by atoms with Crippen molar-refractivity contribution in [3.05, 3.63) is 75.3 Å². The average Bonchev–Trinajstić information content (AvgIpc) is 2.46. The average molecular weight is 283 g/mol. The van der Waals surface area contributed by atoms with Crippen molar-refractivity contribution in [2.75, 3.05) is 0 Å². The lowest BCUT2D eigenvalue weighted by Crippen LogP contribution is -1.94. The van der Waals surface area contributed by atoms with E-state index >= 15 is 0 Å². The highest BCUT2D eigenvalue weighted by Gasteiger charge is 2.10. The summed E-state index contributed by atoms with van der Waals surface area (Å²) in [5.74, 6) is -0.150. The van der Waals surface area contributed by atoms with E-state index in [1.165, 1.54) is 42.5 Å². The number of nitrogens with zero attached hydrogens (tertiary/aromatic N) is 1. The van der Waals surface area contributed by atoms with Gasteiger partial charge in [0.2, 0.25) is 0 Å². The maximum absolute atomic E-state index is 11.9. The molecule has 2 rings (SSSR count). The zero-order valence-electron chi connectivity index (χ0n) is 11.3. The van der Waals surface area contributed by atoms with Gasteiger partial charge in [0.1, 0.15) is 5.75 Å². The molecular formula is C16H13NO4. The summed E-state index contributed by atoms with van der Waals surface area (Å²) in [6, 6.07) is 10.7. The van der Waals surface area contributed by atoms with E-state index < -0.39 is 4.92 Å². The van der Waals surface area contributed by atoms with Gasteiger partial charge >= 0.3 is 0 Å². The standard InChI is InChI=1S/C16H13NO4/c1-11-2-3-12(10-15(11)17(20)21)4-9-16(19)13-5-7-14(18)8-6-13/h2-10,18H,1H3/b9-4+. The summed E-state index contributed by atoms with van der Waals surface area (Å²) in [7, 11) is 0. The van der Waals surface area contributed by atoms with Crippen LogP contribution in [-0.2, 0) is 0 Å². The van der Waals surface area contributed by atoms with Crippen molar-refractivity contribution in [3.63, 3.8) is 0 Å². The van der Waals surface area contributed by atoms with Gasteiger partial charge in [-0.1, -0.05) is 18.2 Å². The molecule has 0 fully saturated rings. The van der Waals surface area contributed by atoms with Crippen molar-refractivity contribution >= 4 is 17.5 Å². The Kier molecular flexibility index (Phi) is 4.13. The Morgan fingerprint density at radius 2 is 1.86 bits per heavy atom. The van der Waals surface area contributed by atoms with Gasteiger partial charge in [-0.3, -0.25) is 14.9 Å². The number of carbonyl (C=O) groups is 1. The Labute approximate surface area is 121 Å². The number of nitro groups is 1. The van der Waals surface area contributed by atoms with Gasteiger partial charge in [0.05, 0.1) is 4.92 Å². The van der Waals surface area contributed by atoms with Gasteiger partial charge in [-0.25, -0.2) is 0 Å². The van der Waals surface area contributed by atoms with Crippen molar-refractivity contribution in [3.8, 4) is 5.75 Å². The summed E-state index contributed by atoms with van der Waals surface area (Å²) in [5.41, 5.74) is 1.61. The van der Waals surface area contributed by atoms with Crippen molar-refractivity contribution in [1.82, 2.24) is 0 Å². The molecule has 0 saturated carbocycles. The molecule has 21 heavy (non-hydrogen) atoms. The Balaban J connectivity index is 2.21. The van der Waals surface area contributed by atoms with Gasteiger partial charge in [-0.05, 0) is 42.8 Å². The number of hydrogen-bond acceptors (Lipinski definition) is 4.